The summed E-state index contributed by atoms with van der Waals surface area (Å²) in [6.07, 6.45) is 2.26. The van der Waals surface area contributed by atoms with Crippen LogP contribution >= 0.6 is 0 Å². The lowest BCUT2D eigenvalue weighted by Crippen LogP contribution is -2.28. The summed E-state index contributed by atoms with van der Waals surface area (Å²) in [5, 5.41) is 3.64. The van der Waals surface area contributed by atoms with E-state index in [2.05, 4.69) is 60.1 Å². The van der Waals surface area contributed by atoms with Crippen LogP contribution < -0.4 is 10.1 Å². The second-order valence-corrected chi connectivity index (χ2v) is 6.35. The molecule has 2 aromatic carbocycles. The molecule has 0 aliphatic heterocycles. The number of imidazole rings is 1. The average molecular weight is 337 g/mol. The minimum absolute atomic E-state index is 0.527. The quantitative estimate of drug-likeness (QED) is 0.663. The summed E-state index contributed by atoms with van der Waals surface area (Å²) in [5.74, 6) is 1.91. The van der Waals surface area contributed by atoms with Crippen molar-refractivity contribution in [2.24, 2.45) is 0 Å². The van der Waals surface area contributed by atoms with Crippen LogP contribution in [-0.4, -0.2) is 22.7 Å². The zero-order valence-electron chi connectivity index (χ0n) is 15.3. The van der Waals surface area contributed by atoms with Crippen molar-refractivity contribution < 1.29 is 4.74 Å². The lowest BCUT2D eigenvalue weighted by Gasteiger charge is -2.15. The molecule has 0 unspecified atom stereocenters. The van der Waals surface area contributed by atoms with Gasteiger partial charge in [0.1, 0.15) is 11.6 Å². The maximum atomic E-state index is 5.36. The first kappa shape index (κ1) is 17.5. The Morgan fingerprint density at radius 2 is 1.84 bits per heavy atom. The number of rotatable bonds is 8. The highest BCUT2D eigenvalue weighted by molar-refractivity contribution is 5.78. The van der Waals surface area contributed by atoms with E-state index in [1.807, 2.05) is 12.1 Å². The molecule has 0 radical (unpaired) electrons. The van der Waals surface area contributed by atoms with Crippen molar-refractivity contribution in [2.45, 2.75) is 45.8 Å². The third-order valence-electron chi connectivity index (χ3n) is 4.75. The Bertz CT molecular complexity index is 807. The van der Waals surface area contributed by atoms with E-state index in [-0.39, 0.29) is 0 Å². The highest BCUT2D eigenvalue weighted by Crippen LogP contribution is 2.23. The minimum atomic E-state index is 0.527. The van der Waals surface area contributed by atoms with Crippen molar-refractivity contribution in [1.82, 2.24) is 14.9 Å². The number of nitrogens with zero attached hydrogens (tertiary/aromatic N) is 2. The second kappa shape index (κ2) is 8.17. The van der Waals surface area contributed by atoms with Crippen LogP contribution in [0, 0.1) is 0 Å². The highest BCUT2D eigenvalue weighted by Gasteiger charge is 2.13. The van der Waals surface area contributed by atoms with Crippen LogP contribution in [0.5, 0.6) is 5.75 Å². The molecular weight excluding hydrogens is 310 g/mol. The summed E-state index contributed by atoms with van der Waals surface area (Å²) < 4.78 is 7.66. The van der Waals surface area contributed by atoms with Gasteiger partial charge in [0, 0.05) is 18.7 Å². The number of nitrogens with one attached hydrogen (secondary N) is 1. The summed E-state index contributed by atoms with van der Waals surface area (Å²) in [7, 11) is 1.69. The van der Waals surface area contributed by atoms with Crippen LogP contribution in [0.25, 0.3) is 11.0 Å². The van der Waals surface area contributed by atoms with Gasteiger partial charge in [0.25, 0.3) is 0 Å². The third kappa shape index (κ3) is 4.02. The van der Waals surface area contributed by atoms with Crippen molar-refractivity contribution in [3.8, 4) is 5.75 Å². The van der Waals surface area contributed by atoms with Gasteiger partial charge in [-0.1, -0.05) is 44.2 Å². The average Bonchev–Trinajstić information content (AvgIpc) is 3.00. The zero-order valence-corrected chi connectivity index (χ0v) is 15.3. The molecule has 0 fully saturated rings. The van der Waals surface area contributed by atoms with Gasteiger partial charge >= 0.3 is 0 Å². The summed E-state index contributed by atoms with van der Waals surface area (Å²) >= 11 is 0. The molecule has 25 heavy (non-hydrogen) atoms. The first-order valence-corrected chi connectivity index (χ1v) is 9.05. The first-order chi connectivity index (χ1) is 12.2. The Balaban J connectivity index is 1.96. The fourth-order valence-electron chi connectivity index (χ4n) is 3.18. The van der Waals surface area contributed by atoms with Crippen molar-refractivity contribution in [3.63, 3.8) is 0 Å². The molecule has 3 rings (SSSR count). The molecule has 0 amide bonds. The minimum Gasteiger partial charge on any atom is -0.497 e. The largest absolute Gasteiger partial charge is 0.497 e. The molecule has 4 heteroatoms. The van der Waals surface area contributed by atoms with Gasteiger partial charge in [-0.2, -0.15) is 0 Å². The summed E-state index contributed by atoms with van der Waals surface area (Å²) in [6.45, 7) is 6.04. The van der Waals surface area contributed by atoms with Crippen LogP contribution in [-0.2, 0) is 13.1 Å². The van der Waals surface area contributed by atoms with Gasteiger partial charge in [0.15, 0.2) is 0 Å². The van der Waals surface area contributed by atoms with E-state index in [1.54, 1.807) is 7.11 Å². The molecule has 0 bridgehead atoms. The number of fused-ring (bicyclic) bond motifs is 1. The standard InChI is InChI=1S/C21H27N3O/c1-4-17(5-2)22-14-21-23-19-13-18(25-3)11-12-20(19)24(21)15-16-9-7-6-8-10-16/h6-13,17,22H,4-5,14-15H2,1-3H3. The lowest BCUT2D eigenvalue weighted by molar-refractivity contribution is 0.415. The maximum absolute atomic E-state index is 5.36. The van der Waals surface area contributed by atoms with Crippen LogP contribution in [0.1, 0.15) is 38.1 Å². The molecule has 0 atom stereocenters. The molecule has 132 valence electrons. The predicted molar refractivity (Wildman–Crippen MR) is 103 cm³/mol. The van der Waals surface area contributed by atoms with E-state index < -0.39 is 0 Å². The number of hydrogen-bond acceptors (Lipinski definition) is 3. The first-order valence-electron chi connectivity index (χ1n) is 9.05. The Labute approximate surface area is 149 Å². The molecule has 0 aliphatic carbocycles. The molecule has 3 aromatic rings. The molecule has 1 heterocycles. The van der Waals surface area contributed by atoms with Gasteiger partial charge in [-0.25, -0.2) is 4.98 Å². The SMILES string of the molecule is CCC(CC)NCc1nc2cc(OC)ccc2n1Cc1ccccc1. The van der Waals surface area contributed by atoms with Crippen molar-refractivity contribution in [2.75, 3.05) is 7.11 Å². The zero-order chi connectivity index (χ0) is 17.6. The van der Waals surface area contributed by atoms with Gasteiger partial charge in [0.05, 0.1) is 24.7 Å². The number of hydrogen-bond donors (Lipinski definition) is 1. The number of ether oxygens (including phenoxy) is 1. The van der Waals surface area contributed by atoms with Crippen molar-refractivity contribution in [3.05, 3.63) is 59.9 Å². The van der Waals surface area contributed by atoms with Crippen molar-refractivity contribution in [1.29, 1.82) is 0 Å². The van der Waals surface area contributed by atoms with Crippen molar-refractivity contribution >= 4 is 11.0 Å². The Morgan fingerprint density at radius 3 is 2.52 bits per heavy atom. The van der Waals surface area contributed by atoms with E-state index in [4.69, 9.17) is 9.72 Å². The normalized spacial score (nSPS) is 11.4. The number of benzene rings is 2. The second-order valence-electron chi connectivity index (χ2n) is 6.35. The van der Waals surface area contributed by atoms with Gasteiger partial charge in [-0.3, -0.25) is 0 Å². The molecule has 0 saturated carbocycles. The van der Waals surface area contributed by atoms with Gasteiger partial charge in [-0.15, -0.1) is 0 Å². The monoisotopic (exact) mass is 337 g/mol. The Hall–Kier alpha value is -2.33. The number of methoxy groups -OCH3 is 1. The van der Waals surface area contributed by atoms with Crippen LogP contribution in [0.15, 0.2) is 48.5 Å². The van der Waals surface area contributed by atoms with Gasteiger partial charge in [0.2, 0.25) is 0 Å². The molecule has 0 saturated heterocycles. The summed E-state index contributed by atoms with van der Waals surface area (Å²) in [4.78, 5) is 4.88. The molecule has 0 spiro atoms. The Kier molecular flexibility index (Phi) is 5.71. The maximum Gasteiger partial charge on any atom is 0.124 e. The summed E-state index contributed by atoms with van der Waals surface area (Å²) in [5.41, 5.74) is 3.41. The van der Waals surface area contributed by atoms with Gasteiger partial charge in [-0.05, 0) is 30.5 Å². The van der Waals surface area contributed by atoms with E-state index in [1.165, 1.54) is 5.56 Å². The number of aromatic nitrogens is 2. The molecule has 0 aliphatic rings. The van der Waals surface area contributed by atoms with Crippen LogP contribution in [0.2, 0.25) is 0 Å². The topological polar surface area (TPSA) is 39.1 Å². The Morgan fingerprint density at radius 1 is 1.08 bits per heavy atom. The smallest absolute Gasteiger partial charge is 0.124 e. The van der Waals surface area contributed by atoms with Crippen LogP contribution in [0.3, 0.4) is 0 Å². The van der Waals surface area contributed by atoms with E-state index in [9.17, 15) is 0 Å². The van der Waals surface area contributed by atoms with E-state index in [0.717, 1.165) is 48.5 Å². The van der Waals surface area contributed by atoms with E-state index >= 15 is 0 Å². The third-order valence-corrected chi connectivity index (χ3v) is 4.75. The highest BCUT2D eigenvalue weighted by atomic mass is 16.5. The predicted octanol–water partition coefficient (Wildman–Crippen LogP) is 4.37. The van der Waals surface area contributed by atoms with Crippen LogP contribution in [0.4, 0.5) is 0 Å². The molecule has 4 nitrogen and oxygen atoms in total. The fraction of sp³-hybridized carbons (Fsp3) is 0.381. The van der Waals surface area contributed by atoms with Gasteiger partial charge < -0.3 is 14.6 Å². The molecule has 1 aromatic heterocycles. The fourth-order valence-corrected chi connectivity index (χ4v) is 3.18. The summed E-state index contributed by atoms with van der Waals surface area (Å²) in [6, 6.07) is 17.2. The molecule has 1 N–H and O–H groups in total. The van der Waals surface area contributed by atoms with E-state index in [0.29, 0.717) is 6.04 Å². The lowest BCUT2D eigenvalue weighted by atomic mass is 10.2. The molecular formula is C21H27N3O.